The van der Waals surface area contributed by atoms with Gasteiger partial charge in [0.15, 0.2) is 0 Å². The molecule has 2 fully saturated rings. The molecule has 0 bridgehead atoms. The third-order valence-electron chi connectivity index (χ3n) is 8.04. The van der Waals surface area contributed by atoms with Crippen molar-refractivity contribution in [3.8, 4) is 12.3 Å². The summed E-state index contributed by atoms with van der Waals surface area (Å²) in [6, 6.07) is 0.602. The van der Waals surface area contributed by atoms with E-state index in [0.717, 1.165) is 56.5 Å². The van der Waals surface area contributed by atoms with E-state index in [9.17, 15) is 4.79 Å². The number of ether oxygens (including phenoxy) is 1. The molecule has 3 atom stereocenters. The van der Waals surface area contributed by atoms with Crippen LogP contribution in [0.1, 0.15) is 107 Å². The van der Waals surface area contributed by atoms with Gasteiger partial charge in [0.05, 0.1) is 23.8 Å². The quantitative estimate of drug-likeness (QED) is 0.187. The fourth-order valence-electron chi connectivity index (χ4n) is 5.17. The Morgan fingerprint density at radius 3 is 2.13 bits per heavy atom. The van der Waals surface area contributed by atoms with Gasteiger partial charge in [-0.2, -0.15) is 0 Å². The molecule has 0 radical (unpaired) electrons. The van der Waals surface area contributed by atoms with Gasteiger partial charge in [-0.05, 0) is 64.6 Å². The van der Waals surface area contributed by atoms with E-state index in [-0.39, 0.29) is 11.4 Å². The molecule has 0 heterocycles. The van der Waals surface area contributed by atoms with Gasteiger partial charge in [0.2, 0.25) is 5.91 Å². The first-order chi connectivity index (χ1) is 18.6. The predicted octanol–water partition coefficient (Wildman–Crippen LogP) is 6.23. The van der Waals surface area contributed by atoms with Crippen molar-refractivity contribution in [2.45, 2.75) is 118 Å². The number of nitrogens with zero attached hydrogens (tertiary/aromatic N) is 1. The zero-order valence-corrected chi connectivity index (χ0v) is 27.9. The van der Waals surface area contributed by atoms with Crippen molar-refractivity contribution in [2.75, 3.05) is 47.9 Å². The molecule has 2 aliphatic carbocycles. The van der Waals surface area contributed by atoms with Crippen LogP contribution in [-0.4, -0.2) is 70.3 Å². The number of methoxy groups -OCH3 is 1. The highest BCUT2D eigenvalue weighted by atomic mass is 16.5. The van der Waals surface area contributed by atoms with Gasteiger partial charge in [0.25, 0.3) is 0 Å². The van der Waals surface area contributed by atoms with E-state index >= 15 is 0 Å². The van der Waals surface area contributed by atoms with Crippen LogP contribution in [0.15, 0.2) is 11.8 Å². The van der Waals surface area contributed by atoms with Crippen molar-refractivity contribution in [3.63, 3.8) is 0 Å². The van der Waals surface area contributed by atoms with E-state index in [2.05, 4.69) is 46.7 Å². The van der Waals surface area contributed by atoms with Crippen molar-refractivity contribution < 1.29 is 9.53 Å². The first kappa shape index (κ1) is 39.6. The van der Waals surface area contributed by atoms with Crippen molar-refractivity contribution in [1.29, 1.82) is 0 Å². The van der Waals surface area contributed by atoms with Crippen LogP contribution in [0, 0.1) is 29.6 Å². The Balaban J connectivity index is 0. The van der Waals surface area contributed by atoms with Crippen LogP contribution in [-0.2, 0) is 9.53 Å². The lowest BCUT2D eigenvalue weighted by molar-refractivity contribution is -0.129. The predicted molar refractivity (Wildman–Crippen MR) is 171 cm³/mol. The summed E-state index contributed by atoms with van der Waals surface area (Å²) >= 11 is 0. The maximum Gasteiger partial charge on any atom is 0.225 e. The number of hydrogen-bond acceptors (Lipinski definition) is 5. The summed E-state index contributed by atoms with van der Waals surface area (Å²) in [4.78, 5) is 14.7. The van der Waals surface area contributed by atoms with Crippen molar-refractivity contribution in [1.82, 2.24) is 20.9 Å². The lowest BCUT2D eigenvalue weighted by Crippen LogP contribution is -2.44. The Hall–Kier alpha value is -1.55. The number of hydrogen-bond donors (Lipinski definition) is 3. The first-order valence-corrected chi connectivity index (χ1v) is 15.6. The molecule has 3 N–H and O–H groups in total. The molecule has 230 valence electrons. The monoisotopic (exact) mass is 551 g/mol. The zero-order chi connectivity index (χ0) is 30.5. The molecule has 2 saturated carbocycles. The number of amides is 1. The number of allylic oxidation sites excluding steroid dienone is 1. The standard InChI is InChI=1S/C23H45N3O2.C6H9N.2C2H6/c1-18-11-8-9-13-21(18)19(2)26(16-14-24-5)15-10-12-20(28-7)17-23(3,4)22(27)25-6;1-3-6(7-2)4-5-6;2*1-2/h12,18-19,21,24H,8-11,13-17H2,1-7H3,(H,25,27);1,7H,4-5H2,2H3;2*1-2H3/b20-12+;;;. The van der Waals surface area contributed by atoms with Crippen molar-refractivity contribution >= 4 is 5.91 Å². The molecule has 0 aromatic rings. The Kier molecular flexibility index (Phi) is 22.5. The number of likely N-dealkylation sites (N-methyl/N-ethyl adjacent to an activating group) is 1. The maximum absolute atomic E-state index is 12.1. The second-order valence-corrected chi connectivity index (χ2v) is 11.1. The third kappa shape index (κ3) is 15.1. The summed E-state index contributed by atoms with van der Waals surface area (Å²) < 4.78 is 5.59. The molecule has 6 nitrogen and oxygen atoms in total. The first-order valence-electron chi connectivity index (χ1n) is 15.6. The van der Waals surface area contributed by atoms with Crippen LogP contribution >= 0.6 is 0 Å². The summed E-state index contributed by atoms with van der Waals surface area (Å²) in [7, 11) is 7.33. The summed E-state index contributed by atoms with van der Waals surface area (Å²) in [5, 5.41) is 9.12. The molecule has 2 aliphatic rings. The minimum Gasteiger partial charge on any atom is -0.501 e. The van der Waals surface area contributed by atoms with E-state index in [0.29, 0.717) is 12.5 Å². The number of terminal acetylenes is 1. The van der Waals surface area contributed by atoms with Crippen LogP contribution in [0.4, 0.5) is 0 Å². The van der Waals surface area contributed by atoms with Crippen LogP contribution in [0.3, 0.4) is 0 Å². The average molecular weight is 551 g/mol. The topological polar surface area (TPSA) is 65.6 Å². The van der Waals surface area contributed by atoms with E-state index < -0.39 is 5.41 Å². The number of carbonyl (C=O) groups is 1. The molecule has 39 heavy (non-hydrogen) atoms. The lowest BCUT2D eigenvalue weighted by atomic mass is 9.76. The van der Waals surface area contributed by atoms with Crippen molar-refractivity contribution in [3.05, 3.63) is 11.8 Å². The molecule has 0 aromatic carbocycles. The summed E-state index contributed by atoms with van der Waals surface area (Å²) in [5.41, 5.74) is -0.354. The molecule has 0 spiro atoms. The molecule has 3 unspecified atom stereocenters. The van der Waals surface area contributed by atoms with Crippen LogP contribution in [0.25, 0.3) is 0 Å². The molecule has 6 heteroatoms. The minimum atomic E-state index is -0.465. The van der Waals surface area contributed by atoms with E-state index in [4.69, 9.17) is 11.2 Å². The van der Waals surface area contributed by atoms with Gasteiger partial charge in [-0.15, -0.1) is 6.42 Å². The normalized spacial score (nSPS) is 20.5. The molecule has 1 amide bonds. The number of rotatable bonds is 13. The van der Waals surface area contributed by atoms with E-state index in [1.165, 1.54) is 25.7 Å². The largest absolute Gasteiger partial charge is 0.501 e. The Morgan fingerprint density at radius 1 is 1.13 bits per heavy atom. The lowest BCUT2D eigenvalue weighted by Gasteiger charge is -2.40. The summed E-state index contributed by atoms with van der Waals surface area (Å²) in [6.45, 7) is 19.9. The van der Waals surface area contributed by atoms with Gasteiger partial charge in [0.1, 0.15) is 0 Å². The smallest absolute Gasteiger partial charge is 0.225 e. The second-order valence-electron chi connectivity index (χ2n) is 11.1. The fourth-order valence-corrected chi connectivity index (χ4v) is 5.17. The Bertz CT molecular complexity index is 694. The Morgan fingerprint density at radius 2 is 1.72 bits per heavy atom. The molecule has 0 aromatic heterocycles. The van der Waals surface area contributed by atoms with Crippen LogP contribution < -0.4 is 16.0 Å². The molecular weight excluding hydrogens is 484 g/mol. The summed E-state index contributed by atoms with van der Waals surface area (Å²) in [5.74, 6) is 5.26. The SMILES string of the molecule is C#CC1(NC)CC1.CC.CC.CNCCN(CC/C=C(\CC(C)(C)C(=O)NC)OC)C(C)C1CCCCC1C. The third-order valence-corrected chi connectivity index (χ3v) is 8.04. The zero-order valence-electron chi connectivity index (χ0n) is 27.9. The van der Waals surface area contributed by atoms with Gasteiger partial charge >= 0.3 is 0 Å². The van der Waals surface area contributed by atoms with Crippen molar-refractivity contribution in [2.24, 2.45) is 17.3 Å². The van der Waals surface area contributed by atoms with Gasteiger partial charge < -0.3 is 20.7 Å². The highest BCUT2D eigenvalue weighted by Crippen LogP contribution is 2.34. The summed E-state index contributed by atoms with van der Waals surface area (Å²) in [6.07, 6.45) is 16.7. The molecular formula is C33H66N4O2. The molecule has 0 saturated heterocycles. The van der Waals surface area contributed by atoms with Crippen LogP contribution in [0.2, 0.25) is 0 Å². The van der Waals surface area contributed by atoms with Gasteiger partial charge in [-0.25, -0.2) is 0 Å². The van der Waals surface area contributed by atoms with Gasteiger partial charge in [0, 0.05) is 39.1 Å². The maximum atomic E-state index is 12.1. The van der Waals surface area contributed by atoms with Gasteiger partial charge in [-0.1, -0.05) is 73.6 Å². The van der Waals surface area contributed by atoms with E-state index in [1.807, 2.05) is 55.6 Å². The number of carbonyl (C=O) groups excluding carboxylic acids is 1. The minimum absolute atomic E-state index is 0.0472. The van der Waals surface area contributed by atoms with E-state index in [1.54, 1.807) is 14.2 Å². The fraction of sp³-hybridized carbons (Fsp3) is 0.848. The second kappa shape index (κ2) is 22.2. The number of nitrogens with one attached hydrogen (secondary N) is 3. The van der Waals surface area contributed by atoms with Gasteiger partial charge in [-0.3, -0.25) is 9.69 Å². The highest BCUT2D eigenvalue weighted by molar-refractivity contribution is 5.81. The Labute approximate surface area is 243 Å². The molecule has 0 aliphatic heterocycles. The highest BCUT2D eigenvalue weighted by Gasteiger charge is 2.38. The molecule has 2 rings (SSSR count). The average Bonchev–Trinajstić information content (AvgIpc) is 3.76. The van der Waals surface area contributed by atoms with Crippen LogP contribution in [0.5, 0.6) is 0 Å².